The van der Waals surface area contributed by atoms with Crippen molar-refractivity contribution in [3.63, 3.8) is 0 Å². The first kappa shape index (κ1) is 16.5. The zero-order valence-electron chi connectivity index (χ0n) is 14.3. The molecule has 134 valence electrons. The van der Waals surface area contributed by atoms with Gasteiger partial charge in [0.25, 0.3) is 5.91 Å². The maximum absolute atomic E-state index is 14.0. The number of rotatable bonds is 3. The van der Waals surface area contributed by atoms with E-state index in [-0.39, 0.29) is 23.5 Å². The minimum absolute atomic E-state index is 0.171. The molecule has 3 heterocycles. The Morgan fingerprint density at radius 2 is 2.12 bits per heavy atom. The highest BCUT2D eigenvalue weighted by atomic mass is 19.1. The van der Waals surface area contributed by atoms with Crippen LogP contribution in [0.2, 0.25) is 0 Å². The van der Waals surface area contributed by atoms with Gasteiger partial charge in [-0.2, -0.15) is 5.10 Å². The Bertz CT molecular complexity index is 933. The maximum atomic E-state index is 14.0. The number of imidazole rings is 1. The normalized spacial score (nSPS) is 17.5. The summed E-state index contributed by atoms with van der Waals surface area (Å²) in [6.07, 6.45) is 5.18. The van der Waals surface area contributed by atoms with Crippen LogP contribution in [0.1, 0.15) is 22.4 Å². The van der Waals surface area contributed by atoms with Gasteiger partial charge in [-0.25, -0.2) is 14.1 Å². The molecule has 1 atom stereocenters. The molecule has 1 N–H and O–H groups in total. The lowest BCUT2D eigenvalue weighted by Crippen LogP contribution is -2.49. The number of hydrogen-bond donors (Lipinski definition) is 1. The molecule has 1 fully saturated rings. The van der Waals surface area contributed by atoms with E-state index >= 15 is 0 Å². The summed E-state index contributed by atoms with van der Waals surface area (Å²) in [4.78, 5) is 19.2. The monoisotopic (exact) mass is 354 g/mol. The van der Waals surface area contributed by atoms with Gasteiger partial charge in [-0.1, -0.05) is 12.1 Å². The average Bonchev–Trinajstić information content (AvgIpc) is 3.31. The van der Waals surface area contributed by atoms with E-state index in [0.29, 0.717) is 25.3 Å². The summed E-state index contributed by atoms with van der Waals surface area (Å²) in [5.41, 5.74) is 0.599. The summed E-state index contributed by atoms with van der Waals surface area (Å²) >= 11 is 0. The minimum Gasteiger partial charge on any atom is -0.336 e. The molecule has 0 bridgehead atoms. The van der Waals surface area contributed by atoms with E-state index in [1.54, 1.807) is 41.6 Å². The molecule has 1 aliphatic heterocycles. The van der Waals surface area contributed by atoms with Crippen LogP contribution in [0.5, 0.6) is 0 Å². The quantitative estimate of drug-likeness (QED) is 0.775. The fourth-order valence-corrected chi connectivity index (χ4v) is 3.23. The fourth-order valence-electron chi connectivity index (χ4n) is 3.23. The van der Waals surface area contributed by atoms with Gasteiger partial charge in [0.1, 0.15) is 23.4 Å². The number of halogens is 1. The molecule has 1 saturated heterocycles. The maximum Gasteiger partial charge on any atom is 0.275 e. The summed E-state index contributed by atoms with van der Waals surface area (Å²) in [5.74, 6) is 0.247. The van der Waals surface area contributed by atoms with Crippen LogP contribution < -0.4 is 5.32 Å². The lowest BCUT2D eigenvalue weighted by molar-refractivity contribution is 0.0614. The minimum atomic E-state index is -0.386. The van der Waals surface area contributed by atoms with E-state index in [1.807, 2.05) is 17.8 Å². The van der Waals surface area contributed by atoms with Crippen LogP contribution in [-0.2, 0) is 7.05 Å². The second kappa shape index (κ2) is 6.72. The topological polar surface area (TPSA) is 68.0 Å². The highest BCUT2D eigenvalue weighted by Crippen LogP contribution is 2.22. The van der Waals surface area contributed by atoms with Crippen molar-refractivity contribution in [2.75, 3.05) is 19.6 Å². The standard InChI is InChI=1S/C18H19FN6O/c1-23-10-8-21-17(23)16-12-20-7-11-24(16)18(26)14-6-9-25(22-14)15-5-3-2-4-13(15)19/h2-6,8-10,16,20H,7,11-12H2,1H3. The van der Waals surface area contributed by atoms with E-state index < -0.39 is 0 Å². The molecule has 7 nitrogen and oxygen atoms in total. The predicted molar refractivity (Wildman–Crippen MR) is 93.4 cm³/mol. The van der Waals surface area contributed by atoms with Crippen LogP contribution >= 0.6 is 0 Å². The highest BCUT2D eigenvalue weighted by Gasteiger charge is 2.32. The number of aromatic nitrogens is 4. The Morgan fingerprint density at radius 3 is 2.88 bits per heavy atom. The molecule has 0 aliphatic carbocycles. The van der Waals surface area contributed by atoms with Crippen molar-refractivity contribution in [2.24, 2.45) is 7.05 Å². The van der Waals surface area contributed by atoms with Gasteiger partial charge in [-0.15, -0.1) is 0 Å². The van der Waals surface area contributed by atoms with Gasteiger partial charge in [-0.3, -0.25) is 4.79 Å². The van der Waals surface area contributed by atoms with Crippen molar-refractivity contribution in [2.45, 2.75) is 6.04 Å². The molecule has 3 aromatic rings. The number of nitrogens with zero attached hydrogens (tertiary/aromatic N) is 5. The smallest absolute Gasteiger partial charge is 0.275 e. The number of carbonyl (C=O) groups is 1. The predicted octanol–water partition coefficient (Wildman–Crippen LogP) is 1.53. The summed E-state index contributed by atoms with van der Waals surface area (Å²) in [7, 11) is 1.91. The van der Waals surface area contributed by atoms with Crippen LogP contribution in [0.4, 0.5) is 4.39 Å². The molecule has 26 heavy (non-hydrogen) atoms. The van der Waals surface area contributed by atoms with Crippen LogP contribution in [0.25, 0.3) is 5.69 Å². The highest BCUT2D eigenvalue weighted by molar-refractivity contribution is 5.92. The van der Waals surface area contributed by atoms with Gasteiger partial charge in [0, 0.05) is 45.3 Å². The number of hydrogen-bond acceptors (Lipinski definition) is 4. The number of carbonyl (C=O) groups excluding carboxylic acids is 1. The van der Waals surface area contributed by atoms with E-state index in [0.717, 1.165) is 5.82 Å². The summed E-state index contributed by atoms with van der Waals surface area (Å²) < 4.78 is 17.3. The summed E-state index contributed by atoms with van der Waals surface area (Å²) in [5, 5.41) is 7.60. The van der Waals surface area contributed by atoms with E-state index in [9.17, 15) is 9.18 Å². The average molecular weight is 354 g/mol. The van der Waals surface area contributed by atoms with Crippen LogP contribution in [-0.4, -0.2) is 49.8 Å². The van der Waals surface area contributed by atoms with Crippen LogP contribution in [0.15, 0.2) is 48.9 Å². The molecule has 1 aliphatic rings. The third-order valence-corrected chi connectivity index (χ3v) is 4.57. The Morgan fingerprint density at radius 1 is 1.27 bits per heavy atom. The van der Waals surface area contributed by atoms with Gasteiger partial charge in [0.05, 0.1) is 0 Å². The largest absolute Gasteiger partial charge is 0.336 e. The van der Waals surface area contributed by atoms with Crippen LogP contribution in [0.3, 0.4) is 0 Å². The number of nitrogens with one attached hydrogen (secondary N) is 1. The Kier molecular flexibility index (Phi) is 4.26. The molecule has 1 unspecified atom stereocenters. The van der Waals surface area contributed by atoms with Crippen molar-refractivity contribution in [3.8, 4) is 5.69 Å². The van der Waals surface area contributed by atoms with Gasteiger partial charge in [0.15, 0.2) is 5.69 Å². The van der Waals surface area contributed by atoms with Crippen molar-refractivity contribution < 1.29 is 9.18 Å². The van der Waals surface area contributed by atoms with E-state index in [2.05, 4.69) is 15.4 Å². The summed E-state index contributed by atoms with van der Waals surface area (Å²) in [6.45, 7) is 1.90. The molecule has 2 aromatic heterocycles. The second-order valence-corrected chi connectivity index (χ2v) is 6.21. The number of aryl methyl sites for hydroxylation is 1. The van der Waals surface area contributed by atoms with Crippen molar-refractivity contribution in [1.82, 2.24) is 29.5 Å². The second-order valence-electron chi connectivity index (χ2n) is 6.21. The molecule has 1 aromatic carbocycles. The van der Waals surface area contributed by atoms with Gasteiger partial charge in [0.2, 0.25) is 0 Å². The Labute approximate surface area is 150 Å². The van der Waals surface area contributed by atoms with Gasteiger partial charge in [-0.05, 0) is 18.2 Å². The lowest BCUT2D eigenvalue weighted by atomic mass is 10.1. The van der Waals surface area contributed by atoms with E-state index in [4.69, 9.17) is 0 Å². The summed E-state index contributed by atoms with van der Waals surface area (Å²) in [6, 6.07) is 7.78. The first-order valence-electron chi connectivity index (χ1n) is 8.44. The molecule has 0 radical (unpaired) electrons. The van der Waals surface area contributed by atoms with Crippen molar-refractivity contribution >= 4 is 5.91 Å². The first-order chi connectivity index (χ1) is 12.6. The fraction of sp³-hybridized carbons (Fsp3) is 0.278. The van der Waals surface area contributed by atoms with Crippen LogP contribution in [0, 0.1) is 5.82 Å². The first-order valence-corrected chi connectivity index (χ1v) is 8.44. The van der Waals surface area contributed by atoms with Crippen molar-refractivity contribution in [1.29, 1.82) is 0 Å². The number of para-hydroxylation sites is 1. The SMILES string of the molecule is Cn1ccnc1C1CNCCN1C(=O)c1ccn(-c2ccccc2F)n1. The zero-order valence-corrected chi connectivity index (χ0v) is 14.3. The lowest BCUT2D eigenvalue weighted by Gasteiger charge is -2.35. The van der Waals surface area contributed by atoms with Gasteiger partial charge >= 0.3 is 0 Å². The molecule has 8 heteroatoms. The zero-order chi connectivity index (χ0) is 18.1. The third kappa shape index (κ3) is 2.88. The molecule has 0 spiro atoms. The van der Waals surface area contributed by atoms with Crippen molar-refractivity contribution in [3.05, 3.63) is 66.3 Å². The van der Waals surface area contributed by atoms with E-state index in [1.165, 1.54) is 10.7 Å². The Balaban J connectivity index is 1.62. The molecular formula is C18H19FN6O. The third-order valence-electron chi connectivity index (χ3n) is 4.57. The molecule has 0 saturated carbocycles. The number of amides is 1. The molecule has 1 amide bonds. The van der Waals surface area contributed by atoms with Gasteiger partial charge < -0.3 is 14.8 Å². The Hall–Kier alpha value is -3.00. The number of piperazine rings is 1. The molecular weight excluding hydrogens is 335 g/mol. The number of benzene rings is 1. The molecule has 4 rings (SSSR count).